The van der Waals surface area contributed by atoms with E-state index in [0.29, 0.717) is 24.0 Å². The molecule has 0 aliphatic carbocycles. The summed E-state index contributed by atoms with van der Waals surface area (Å²) in [6.45, 7) is 0.562. The Hall–Kier alpha value is -4.57. The van der Waals surface area contributed by atoms with Gasteiger partial charge in [0.1, 0.15) is 6.29 Å². The van der Waals surface area contributed by atoms with Crippen molar-refractivity contribution in [3.8, 4) is 23.0 Å². The molecule has 0 spiro atoms. The number of nitrogens with zero attached hydrogens (tertiary/aromatic N) is 2. The van der Waals surface area contributed by atoms with E-state index in [9.17, 15) is 34.2 Å². The van der Waals surface area contributed by atoms with Gasteiger partial charge in [0.2, 0.25) is 5.91 Å². The maximum absolute atomic E-state index is 12.5. The van der Waals surface area contributed by atoms with E-state index in [0.717, 1.165) is 43.6 Å². The number of benzene rings is 4. The minimum atomic E-state index is -0.377. The number of imide groups is 2. The van der Waals surface area contributed by atoms with Crippen LogP contribution in [0.5, 0.6) is 23.0 Å². The molecule has 0 radical (unpaired) electrons. The zero-order chi connectivity index (χ0) is 35.7. The summed E-state index contributed by atoms with van der Waals surface area (Å²) in [6, 6.07) is 23.1. The molecule has 2 heterocycles. The summed E-state index contributed by atoms with van der Waals surface area (Å²) in [5.41, 5.74) is 2.66. The number of halogens is 2. The average Bonchev–Trinajstić information content (AvgIpc) is 3.52. The molecule has 4 amide bonds. The third-order valence-corrected chi connectivity index (χ3v) is 9.36. The first-order valence-corrected chi connectivity index (χ1v) is 17.4. The molecular formula is C34H26Br2N2O9S2. The number of phenols is 4. The number of carbonyl (C=O) groups is 5. The van der Waals surface area contributed by atoms with Gasteiger partial charge in [0.15, 0.2) is 23.0 Å². The molecule has 0 atom stereocenters. The molecule has 49 heavy (non-hydrogen) atoms. The summed E-state index contributed by atoms with van der Waals surface area (Å²) < 4.78 is 1.83. The first-order chi connectivity index (χ1) is 23.3. The number of hydrogen-bond acceptors (Lipinski definition) is 11. The van der Waals surface area contributed by atoms with Gasteiger partial charge < -0.3 is 20.4 Å². The van der Waals surface area contributed by atoms with Crippen molar-refractivity contribution < 1.29 is 44.4 Å². The second-order valence-electron chi connectivity index (χ2n) is 10.2. The van der Waals surface area contributed by atoms with Gasteiger partial charge in [-0.05, 0) is 89.1 Å². The van der Waals surface area contributed by atoms with Crippen LogP contribution in [0.2, 0.25) is 0 Å². The van der Waals surface area contributed by atoms with Crippen molar-refractivity contribution in [3.05, 3.63) is 121 Å². The highest BCUT2D eigenvalue weighted by atomic mass is 79.9. The van der Waals surface area contributed by atoms with E-state index < -0.39 is 0 Å². The Morgan fingerprint density at radius 1 is 0.653 bits per heavy atom. The molecule has 0 saturated carbocycles. The van der Waals surface area contributed by atoms with Crippen LogP contribution < -0.4 is 0 Å². The molecule has 15 heteroatoms. The van der Waals surface area contributed by atoms with Gasteiger partial charge in [-0.2, -0.15) is 0 Å². The van der Waals surface area contributed by atoms with Gasteiger partial charge in [0.05, 0.1) is 23.7 Å². The van der Waals surface area contributed by atoms with Crippen molar-refractivity contribution >= 4 is 90.0 Å². The number of amides is 4. The molecule has 4 N–H and O–H groups in total. The summed E-state index contributed by atoms with van der Waals surface area (Å²) in [4.78, 5) is 60.1. The van der Waals surface area contributed by atoms with Gasteiger partial charge in [-0.15, -0.1) is 0 Å². The van der Waals surface area contributed by atoms with Gasteiger partial charge in [-0.25, -0.2) is 0 Å². The predicted molar refractivity (Wildman–Crippen MR) is 193 cm³/mol. The zero-order valence-electron chi connectivity index (χ0n) is 25.2. The lowest BCUT2D eigenvalue weighted by Gasteiger charge is -2.12. The highest BCUT2D eigenvalue weighted by molar-refractivity contribution is 9.10. The topological polar surface area (TPSA) is 173 Å². The number of phenolic OH excluding ortho intramolecular Hbond substituents is 4. The summed E-state index contributed by atoms with van der Waals surface area (Å²) in [5.74, 6) is -1.22. The Morgan fingerprint density at radius 3 is 1.67 bits per heavy atom. The van der Waals surface area contributed by atoms with Crippen LogP contribution in [-0.4, -0.2) is 64.6 Å². The Morgan fingerprint density at radius 2 is 1.18 bits per heavy atom. The van der Waals surface area contributed by atoms with Crippen molar-refractivity contribution in [2.45, 2.75) is 13.1 Å². The van der Waals surface area contributed by atoms with Crippen molar-refractivity contribution in [3.63, 3.8) is 0 Å². The first kappa shape index (κ1) is 37.3. The Kier molecular flexibility index (Phi) is 13.1. The predicted octanol–water partition coefficient (Wildman–Crippen LogP) is 7.65. The fourth-order valence-electron chi connectivity index (χ4n) is 4.20. The molecule has 0 unspecified atom stereocenters. The van der Waals surface area contributed by atoms with Gasteiger partial charge in [-0.3, -0.25) is 33.8 Å². The van der Waals surface area contributed by atoms with Crippen LogP contribution in [0.15, 0.2) is 98.8 Å². The Labute approximate surface area is 305 Å². The highest BCUT2D eigenvalue weighted by Crippen LogP contribution is 2.35. The maximum Gasteiger partial charge on any atom is 0.293 e. The van der Waals surface area contributed by atoms with Crippen LogP contribution in [0.25, 0.3) is 6.08 Å². The van der Waals surface area contributed by atoms with Crippen molar-refractivity contribution in [2.24, 2.45) is 0 Å². The lowest BCUT2D eigenvalue weighted by atomic mass is 10.2. The van der Waals surface area contributed by atoms with Gasteiger partial charge in [0, 0.05) is 14.5 Å². The largest absolute Gasteiger partial charge is 0.504 e. The number of aromatic hydroxyl groups is 4. The smallest absolute Gasteiger partial charge is 0.293 e. The average molecular weight is 831 g/mol. The van der Waals surface area contributed by atoms with Crippen molar-refractivity contribution in [2.75, 3.05) is 5.75 Å². The monoisotopic (exact) mass is 828 g/mol. The fraction of sp³-hybridized carbons (Fsp3) is 0.0882. The van der Waals surface area contributed by atoms with Gasteiger partial charge >= 0.3 is 0 Å². The number of thioether (sulfide) groups is 2. The SMILES string of the molecule is O=C1CSC(=O)N1Cc1cccc(Br)c1.O=C1S/C(=C\c2ccc(O)c(O)c2)C(=O)N1Cc1cccc(Br)c1.O=Cc1ccc(O)c(O)c1. The summed E-state index contributed by atoms with van der Waals surface area (Å²) in [5, 5.41) is 35.9. The lowest BCUT2D eigenvalue weighted by molar-refractivity contribution is -0.125. The number of carbonyl (C=O) groups excluding carboxylic acids is 5. The summed E-state index contributed by atoms with van der Waals surface area (Å²) in [6.07, 6.45) is 2.12. The fourth-order valence-corrected chi connectivity index (χ4v) is 6.66. The maximum atomic E-state index is 12.5. The van der Waals surface area contributed by atoms with Crippen LogP contribution >= 0.6 is 55.4 Å². The Bertz CT molecular complexity index is 1940. The standard InChI is InChI=1S/C17H12BrNO4S.C10H8BrNO2S.C7H6O3/c18-12-3-1-2-11(6-12)9-19-16(22)15(24-17(19)23)8-10-4-5-13(20)14(21)7-10;11-8-3-1-2-7(4-8)5-12-9(13)6-15-10(12)14;8-4-5-1-2-6(9)7(10)3-5/h1-8,20-21H,9H2;1-4H,5-6H2;1-4,9-10H/b15-8-;;. The number of rotatable bonds is 6. The summed E-state index contributed by atoms with van der Waals surface area (Å²) in [7, 11) is 0. The molecule has 0 aromatic heterocycles. The second kappa shape index (κ2) is 17.2. The third-order valence-electron chi connectivity index (χ3n) is 6.61. The second-order valence-corrected chi connectivity index (χ2v) is 13.9. The van der Waals surface area contributed by atoms with Crippen LogP contribution in [0.4, 0.5) is 9.59 Å². The molecule has 4 aromatic rings. The Balaban J connectivity index is 0.000000184. The highest BCUT2D eigenvalue weighted by Gasteiger charge is 2.35. The van der Waals surface area contributed by atoms with E-state index >= 15 is 0 Å². The number of hydrogen-bond donors (Lipinski definition) is 4. The quantitative estimate of drug-likeness (QED) is 0.0855. The minimum absolute atomic E-state index is 0.107. The molecule has 6 rings (SSSR count). The van der Waals surface area contributed by atoms with Crippen molar-refractivity contribution in [1.29, 1.82) is 0 Å². The first-order valence-electron chi connectivity index (χ1n) is 14.0. The van der Waals surface area contributed by atoms with Crippen LogP contribution in [0, 0.1) is 0 Å². The minimum Gasteiger partial charge on any atom is -0.504 e. The van der Waals surface area contributed by atoms with Crippen LogP contribution in [0.3, 0.4) is 0 Å². The van der Waals surface area contributed by atoms with Gasteiger partial charge in [0.25, 0.3) is 16.4 Å². The molecule has 4 aromatic carbocycles. The number of aldehydes is 1. The van der Waals surface area contributed by atoms with Gasteiger partial charge in [-0.1, -0.05) is 74.0 Å². The van der Waals surface area contributed by atoms with E-state index in [1.54, 1.807) is 6.07 Å². The third kappa shape index (κ3) is 10.5. The molecular weight excluding hydrogens is 804 g/mol. The lowest BCUT2D eigenvalue weighted by Crippen LogP contribution is -2.27. The molecule has 11 nitrogen and oxygen atoms in total. The molecule has 2 saturated heterocycles. The van der Waals surface area contributed by atoms with E-state index in [4.69, 9.17) is 10.2 Å². The van der Waals surface area contributed by atoms with E-state index in [2.05, 4.69) is 31.9 Å². The normalized spacial score (nSPS) is 14.8. The van der Waals surface area contributed by atoms with E-state index in [1.165, 1.54) is 46.2 Å². The van der Waals surface area contributed by atoms with Crippen molar-refractivity contribution in [1.82, 2.24) is 9.80 Å². The van der Waals surface area contributed by atoms with E-state index in [-0.39, 0.29) is 62.5 Å². The summed E-state index contributed by atoms with van der Waals surface area (Å²) >= 11 is 8.63. The molecule has 252 valence electrons. The molecule has 2 aliphatic heterocycles. The molecule has 2 fully saturated rings. The van der Waals surface area contributed by atoms with E-state index in [1.807, 2.05) is 48.5 Å². The zero-order valence-corrected chi connectivity index (χ0v) is 30.0. The van der Waals surface area contributed by atoms with Crippen LogP contribution in [0.1, 0.15) is 27.0 Å². The molecule has 0 bridgehead atoms. The van der Waals surface area contributed by atoms with Crippen LogP contribution in [-0.2, 0) is 22.7 Å². The molecule has 2 aliphatic rings.